The Bertz CT molecular complexity index is 2950. The third-order valence-electron chi connectivity index (χ3n) is 13.2. The van der Waals surface area contributed by atoms with Gasteiger partial charge < -0.3 is 62.8 Å². The van der Waals surface area contributed by atoms with Gasteiger partial charge in [0.05, 0.1) is 70.6 Å². The van der Waals surface area contributed by atoms with Crippen molar-refractivity contribution in [1.82, 2.24) is 20.3 Å². The first-order valence-corrected chi connectivity index (χ1v) is 31.4. The van der Waals surface area contributed by atoms with Crippen LogP contribution in [0.4, 0.5) is 9.59 Å². The van der Waals surface area contributed by atoms with Crippen LogP contribution < -0.4 is 9.47 Å². The lowest BCUT2D eigenvalue weighted by molar-refractivity contribution is -0.200. The van der Waals surface area contributed by atoms with Gasteiger partial charge in [-0.15, -0.1) is 5.06 Å². The SMILES string of the molecule is COCCOCCC(C)C(=O)ON1C(=O)CCC1=O.COCCOCCC(C)C(=O)Oc1ccc(CO)cc1.COCCOCCC(C)C(=O)Oc1ccc(COC(=O)ON2C(=O)CCC2=O)cc1.O=C(ON1C(=O)CCC1=O)ON1C(=O)CCC1=O.OCc1ccc(O)cc1.[2H]SC. The van der Waals surface area contributed by atoms with Gasteiger partial charge in [-0.1, -0.05) is 72.4 Å². The van der Waals surface area contributed by atoms with Crippen molar-refractivity contribution in [2.24, 2.45) is 17.8 Å². The van der Waals surface area contributed by atoms with E-state index < -0.39 is 71.5 Å². The minimum absolute atomic E-state index is 0.00571. The van der Waals surface area contributed by atoms with Crippen LogP contribution in [0, 0.1) is 17.8 Å². The topological polar surface area (TPSA) is 416 Å². The lowest BCUT2D eigenvalue weighted by atomic mass is 10.1. The van der Waals surface area contributed by atoms with E-state index in [0.717, 1.165) is 23.7 Å². The highest BCUT2D eigenvalue weighted by Gasteiger charge is 2.38. The van der Waals surface area contributed by atoms with Crippen molar-refractivity contribution < 1.29 is 140 Å². The van der Waals surface area contributed by atoms with E-state index in [1.807, 2.05) is 6.92 Å². The second-order valence-electron chi connectivity index (χ2n) is 20.8. The molecule has 0 radical (unpaired) electrons. The number of aliphatic hydroxyl groups is 2. The normalized spacial score (nSPS) is 14.9. The third-order valence-corrected chi connectivity index (χ3v) is 13.2. The summed E-state index contributed by atoms with van der Waals surface area (Å²) >= 11 is 1.000. The summed E-state index contributed by atoms with van der Waals surface area (Å²) in [6, 6.07) is 19.6. The summed E-state index contributed by atoms with van der Waals surface area (Å²) in [6.45, 7) is 9.42. The number of rotatable bonds is 31. The molecule has 0 aromatic heterocycles. The highest BCUT2D eigenvalue weighted by atomic mass is 32.1. The molecule has 3 aromatic carbocycles. The Morgan fingerprint density at radius 3 is 1.00 bits per heavy atom. The molecule has 542 valence electrons. The molecule has 3 unspecified atom stereocenters. The van der Waals surface area contributed by atoms with Gasteiger partial charge in [0, 0.05) is 92.5 Å². The molecule has 3 N–H and O–H groups in total. The number of nitrogens with zero attached hydrogens (tertiary/aromatic N) is 4. The fourth-order valence-corrected chi connectivity index (χ4v) is 7.44. The van der Waals surface area contributed by atoms with Crippen molar-refractivity contribution in [2.75, 3.05) is 87.0 Å². The maximum absolute atomic E-state index is 12.1. The number of phenols is 1. The molecule has 4 aliphatic rings. The molecular weight excluding hydrogens is 1320 g/mol. The number of esters is 2. The Morgan fingerprint density at radius 1 is 0.418 bits per heavy atom. The molecule has 4 fully saturated rings. The fourth-order valence-electron chi connectivity index (χ4n) is 7.44. The Morgan fingerprint density at radius 2 is 0.694 bits per heavy atom. The number of phenolic OH excluding ortho intramolecular Hbond substituents is 1. The van der Waals surface area contributed by atoms with Crippen LogP contribution in [-0.2, 0) is 125 Å². The molecule has 0 spiro atoms. The van der Waals surface area contributed by atoms with Crippen molar-refractivity contribution >= 4 is 90.0 Å². The maximum atomic E-state index is 12.1. The summed E-state index contributed by atoms with van der Waals surface area (Å²) in [7, 11) is 4.78. The van der Waals surface area contributed by atoms with E-state index in [-0.39, 0.29) is 111 Å². The highest BCUT2D eigenvalue weighted by molar-refractivity contribution is 7.79. The van der Waals surface area contributed by atoms with Crippen molar-refractivity contribution in [3.63, 3.8) is 0 Å². The van der Waals surface area contributed by atoms with E-state index in [1.165, 1.54) is 0 Å². The Labute approximate surface area is 571 Å². The number of carbonyl (C=O) groups excluding carboxylic acids is 13. The van der Waals surface area contributed by atoms with Crippen LogP contribution in [0.1, 0.15) is 108 Å². The van der Waals surface area contributed by atoms with Gasteiger partial charge in [0.25, 0.3) is 47.3 Å². The van der Waals surface area contributed by atoms with Crippen molar-refractivity contribution in [3.8, 4) is 17.2 Å². The van der Waals surface area contributed by atoms with Crippen LogP contribution in [0.5, 0.6) is 17.2 Å². The molecule has 4 saturated heterocycles. The number of amides is 8. The zero-order valence-electron chi connectivity index (χ0n) is 56.6. The smallest absolute Gasteiger partial charge is 0.508 e. The van der Waals surface area contributed by atoms with Gasteiger partial charge >= 0.3 is 30.2 Å². The molecule has 3 aromatic rings. The molecule has 7 rings (SSSR count). The number of benzene rings is 3. The van der Waals surface area contributed by atoms with Gasteiger partial charge in [0.1, 0.15) is 25.0 Å². The first kappa shape index (κ1) is 83.2. The van der Waals surface area contributed by atoms with Crippen molar-refractivity contribution in [1.29, 1.82) is 1.12 Å². The molecule has 33 nitrogen and oxygen atoms in total. The fraction of sp³-hybridized carbons (Fsp3) is 0.516. The maximum Gasteiger partial charge on any atom is 0.560 e. The van der Waals surface area contributed by atoms with Crippen LogP contribution in [-0.4, -0.2) is 201 Å². The number of imide groups is 4. The van der Waals surface area contributed by atoms with E-state index in [0.29, 0.717) is 106 Å². The van der Waals surface area contributed by atoms with E-state index >= 15 is 0 Å². The van der Waals surface area contributed by atoms with Crippen LogP contribution >= 0.6 is 12.5 Å². The first-order valence-electron chi connectivity index (χ1n) is 31.0. The van der Waals surface area contributed by atoms with E-state index in [9.17, 15) is 62.3 Å². The Balaban J connectivity index is 0.000000432. The number of aliphatic hydroxyl groups excluding tert-OH is 2. The molecular formula is C64H86N4O29S. The minimum Gasteiger partial charge on any atom is -0.508 e. The molecule has 3 atom stereocenters. The summed E-state index contributed by atoms with van der Waals surface area (Å²) < 4.78 is 52.0. The van der Waals surface area contributed by atoms with Gasteiger partial charge in [0.2, 0.25) is 0 Å². The number of carbonyl (C=O) groups is 13. The molecule has 4 aliphatic heterocycles. The van der Waals surface area contributed by atoms with Crippen LogP contribution in [0.15, 0.2) is 72.8 Å². The largest absolute Gasteiger partial charge is 0.560 e. The summed E-state index contributed by atoms with van der Waals surface area (Å²) in [6.07, 6.45) is 0.619. The van der Waals surface area contributed by atoms with Gasteiger partial charge in [0.15, 0.2) is 0 Å². The predicted molar refractivity (Wildman–Crippen MR) is 338 cm³/mol. The molecule has 0 aliphatic carbocycles. The number of hydrogen-bond donors (Lipinski definition) is 4. The number of hydrogen-bond acceptors (Lipinski definition) is 30. The van der Waals surface area contributed by atoms with Crippen molar-refractivity contribution in [3.05, 3.63) is 89.5 Å². The Hall–Kier alpha value is -9.00. The zero-order chi connectivity index (χ0) is 73.7. The molecule has 4 heterocycles. The summed E-state index contributed by atoms with van der Waals surface area (Å²) in [5.74, 6) is -6.03. The average Bonchev–Trinajstić information content (AvgIpc) is 1.75. The number of ether oxygens (including phenoxy) is 9. The third kappa shape index (κ3) is 33.3. The highest BCUT2D eigenvalue weighted by Crippen LogP contribution is 2.21. The Kier molecular flexibility index (Phi) is 41.3. The zero-order valence-corrected chi connectivity index (χ0v) is 56.4. The monoisotopic (exact) mass is 1410 g/mol. The van der Waals surface area contributed by atoms with E-state index in [1.54, 1.807) is 114 Å². The number of hydroxylamine groups is 8. The quantitative estimate of drug-likeness (QED) is 0.0222. The van der Waals surface area contributed by atoms with Gasteiger partial charge in [-0.3, -0.25) is 62.5 Å². The number of methoxy groups -OCH3 is 3. The van der Waals surface area contributed by atoms with E-state index in [2.05, 4.69) is 14.5 Å². The van der Waals surface area contributed by atoms with Gasteiger partial charge in [-0.2, -0.15) is 17.3 Å². The molecule has 0 bridgehead atoms. The summed E-state index contributed by atoms with van der Waals surface area (Å²) in [5.41, 5.74) is 2.20. The second-order valence-corrected chi connectivity index (χ2v) is 20.8. The van der Waals surface area contributed by atoms with E-state index in [4.69, 9.17) is 63.9 Å². The van der Waals surface area contributed by atoms with Crippen LogP contribution in [0.3, 0.4) is 0 Å². The van der Waals surface area contributed by atoms with Crippen LogP contribution in [0.25, 0.3) is 0 Å². The minimum atomic E-state index is -1.48. The predicted octanol–water partition coefficient (Wildman–Crippen LogP) is 4.75. The molecule has 98 heavy (non-hydrogen) atoms. The molecule has 34 heteroatoms. The van der Waals surface area contributed by atoms with Crippen LogP contribution in [0.2, 0.25) is 0 Å². The molecule has 0 saturated carbocycles. The van der Waals surface area contributed by atoms with Gasteiger partial charge in [-0.05, 0) is 78.6 Å². The van der Waals surface area contributed by atoms with Crippen molar-refractivity contribution in [2.45, 2.75) is 111 Å². The first-order chi connectivity index (χ1) is 47.4. The summed E-state index contributed by atoms with van der Waals surface area (Å²) in [4.78, 5) is 166. The second kappa shape index (κ2) is 48.7. The standard InChI is InChI=1S/C20H25NO9.C15H22O5.C12H19NO6.C9H8N2O7.C7H8O2.CH4S/c1-14(9-10-27-12-11-26-2)19(24)29-16-5-3-15(4-6-16)13-28-20(25)30-21-17(22)7-8-18(21)23;1-12(7-8-19-10-9-18-2)15(17)20-14-5-3-13(11-16)4-6-14;1-9(5-6-18-8-7-17-2)12(16)19-13-10(14)3-4-11(13)15;12-5-1-2-6(13)10(5)17-9(16)18-11-7(14)3-4-8(11)15;8-5-6-1-3-7(9)4-2-6;1-2/h3-6,14H,7-13H2,1-2H3;3-6,12,16H,7-11H2,1-2H3;9H,3-8H2,1-2H3;1-4H2;1-4,8-9H,5H2;2H,1H3/i/hD. The average molecular weight is 1410 g/mol. The van der Waals surface area contributed by atoms with Gasteiger partial charge in [-0.25, -0.2) is 9.59 Å². The number of thiol groups is 1. The number of aromatic hydroxyl groups is 1. The summed E-state index contributed by atoms with van der Waals surface area (Å²) in [5, 5.41) is 27.7. The molecule has 8 amide bonds. The lowest BCUT2D eigenvalue weighted by Crippen LogP contribution is -2.37. The lowest BCUT2D eigenvalue weighted by Gasteiger charge is -2.16.